The fraction of sp³-hybridized carbons (Fsp3) is 0.0909. The lowest BCUT2D eigenvalue weighted by Crippen LogP contribution is -2.09. The predicted molar refractivity (Wildman–Crippen MR) is 62.5 cm³/mol. The molecule has 0 saturated carbocycles. The minimum absolute atomic E-state index is 0.223. The summed E-state index contributed by atoms with van der Waals surface area (Å²) in [6.45, 7) is 2.00. The van der Waals surface area contributed by atoms with Crippen molar-refractivity contribution in [3.8, 4) is 11.4 Å². The van der Waals surface area contributed by atoms with Crippen molar-refractivity contribution in [2.45, 2.75) is 6.92 Å². The standard InChI is InChI=1S/C11H9N5O/c1-6-2-4-7(5-3-6)9-12-10-8(11(17)13-9)14-16-15-10/h2-5H,1H3,(H2,12,13,14,15,16,17). The number of H-pyrrole nitrogens is 2. The fourth-order valence-electron chi connectivity index (χ4n) is 1.60. The maximum atomic E-state index is 11.7. The highest BCUT2D eigenvalue weighted by Crippen LogP contribution is 2.15. The molecular weight excluding hydrogens is 218 g/mol. The van der Waals surface area contributed by atoms with Crippen molar-refractivity contribution in [1.82, 2.24) is 25.4 Å². The smallest absolute Gasteiger partial charge is 0.281 e. The number of hydrogen-bond donors (Lipinski definition) is 2. The van der Waals surface area contributed by atoms with Gasteiger partial charge in [0.15, 0.2) is 5.52 Å². The minimum Gasteiger partial charge on any atom is -0.304 e. The third-order valence-electron chi connectivity index (χ3n) is 2.52. The van der Waals surface area contributed by atoms with Crippen LogP contribution in [0.15, 0.2) is 29.1 Å². The van der Waals surface area contributed by atoms with Crippen molar-refractivity contribution in [1.29, 1.82) is 0 Å². The molecule has 0 spiro atoms. The van der Waals surface area contributed by atoms with Gasteiger partial charge in [0.1, 0.15) is 5.82 Å². The summed E-state index contributed by atoms with van der Waals surface area (Å²) in [5.74, 6) is 0.497. The normalized spacial score (nSPS) is 10.9. The summed E-state index contributed by atoms with van der Waals surface area (Å²) >= 11 is 0. The zero-order valence-electron chi connectivity index (χ0n) is 9.06. The molecule has 0 bridgehead atoms. The van der Waals surface area contributed by atoms with Crippen LogP contribution in [0, 0.1) is 6.92 Å². The molecule has 0 radical (unpaired) electrons. The zero-order chi connectivity index (χ0) is 11.8. The second-order valence-electron chi connectivity index (χ2n) is 3.78. The summed E-state index contributed by atoms with van der Waals surface area (Å²) in [4.78, 5) is 18.6. The Morgan fingerprint density at radius 3 is 2.65 bits per heavy atom. The third-order valence-corrected chi connectivity index (χ3v) is 2.52. The largest absolute Gasteiger partial charge is 0.304 e. The number of rotatable bonds is 1. The van der Waals surface area contributed by atoms with Gasteiger partial charge in [0.25, 0.3) is 5.56 Å². The Balaban J connectivity index is 2.23. The van der Waals surface area contributed by atoms with Gasteiger partial charge in [0.05, 0.1) is 0 Å². The van der Waals surface area contributed by atoms with Crippen LogP contribution in [0.2, 0.25) is 0 Å². The molecule has 0 saturated heterocycles. The van der Waals surface area contributed by atoms with E-state index in [0.29, 0.717) is 11.5 Å². The maximum Gasteiger partial charge on any atom is 0.281 e. The van der Waals surface area contributed by atoms with E-state index in [4.69, 9.17) is 0 Å². The van der Waals surface area contributed by atoms with Crippen LogP contribution in [0.1, 0.15) is 5.56 Å². The van der Waals surface area contributed by atoms with E-state index in [1.165, 1.54) is 0 Å². The molecular formula is C11H9N5O. The lowest BCUT2D eigenvalue weighted by Gasteiger charge is -2.00. The molecule has 3 aromatic rings. The second kappa shape index (κ2) is 3.51. The number of aromatic amines is 2. The van der Waals surface area contributed by atoms with Crippen molar-refractivity contribution in [2.75, 3.05) is 0 Å². The zero-order valence-corrected chi connectivity index (χ0v) is 9.06. The van der Waals surface area contributed by atoms with E-state index in [1.807, 2.05) is 31.2 Å². The van der Waals surface area contributed by atoms with Gasteiger partial charge in [-0.25, -0.2) is 4.98 Å². The Morgan fingerprint density at radius 1 is 1.12 bits per heavy atom. The fourth-order valence-corrected chi connectivity index (χ4v) is 1.60. The molecule has 6 heteroatoms. The van der Waals surface area contributed by atoms with Crippen molar-refractivity contribution in [3.63, 3.8) is 0 Å². The Labute approximate surface area is 95.7 Å². The highest BCUT2D eigenvalue weighted by Gasteiger charge is 2.08. The molecule has 2 heterocycles. The molecule has 0 unspecified atom stereocenters. The quantitative estimate of drug-likeness (QED) is 0.649. The van der Waals surface area contributed by atoms with Gasteiger partial charge in [0, 0.05) is 5.56 Å². The van der Waals surface area contributed by atoms with Crippen LogP contribution in [0.3, 0.4) is 0 Å². The number of nitrogens with zero attached hydrogens (tertiary/aromatic N) is 3. The van der Waals surface area contributed by atoms with E-state index in [9.17, 15) is 4.79 Å². The monoisotopic (exact) mass is 227 g/mol. The van der Waals surface area contributed by atoms with Crippen LogP contribution >= 0.6 is 0 Å². The molecule has 17 heavy (non-hydrogen) atoms. The molecule has 3 rings (SSSR count). The average molecular weight is 227 g/mol. The van der Waals surface area contributed by atoms with Crippen molar-refractivity contribution in [3.05, 3.63) is 40.2 Å². The van der Waals surface area contributed by atoms with Crippen LogP contribution in [-0.2, 0) is 0 Å². The summed E-state index contributed by atoms with van der Waals surface area (Å²) in [6.07, 6.45) is 0. The van der Waals surface area contributed by atoms with Gasteiger partial charge in [-0.1, -0.05) is 29.8 Å². The van der Waals surface area contributed by atoms with Gasteiger partial charge in [-0.3, -0.25) is 4.79 Å². The molecule has 0 aliphatic rings. The minimum atomic E-state index is -0.292. The first-order chi connectivity index (χ1) is 8.24. The summed E-state index contributed by atoms with van der Waals surface area (Å²) in [5, 5.41) is 9.92. The molecule has 0 aliphatic heterocycles. The number of benzene rings is 1. The summed E-state index contributed by atoms with van der Waals surface area (Å²) < 4.78 is 0. The molecule has 0 aliphatic carbocycles. The molecule has 0 atom stereocenters. The molecule has 1 aromatic carbocycles. The molecule has 0 fully saturated rings. The van der Waals surface area contributed by atoms with Gasteiger partial charge in [-0.2, -0.15) is 5.21 Å². The predicted octanol–water partition coefficient (Wildman–Crippen LogP) is 1.02. The van der Waals surface area contributed by atoms with E-state index in [-0.39, 0.29) is 11.1 Å². The Morgan fingerprint density at radius 2 is 1.88 bits per heavy atom. The summed E-state index contributed by atoms with van der Waals surface area (Å²) in [5.41, 5.74) is 2.25. The number of fused-ring (bicyclic) bond motifs is 1. The van der Waals surface area contributed by atoms with Gasteiger partial charge in [0.2, 0.25) is 5.65 Å². The van der Waals surface area contributed by atoms with Crippen LogP contribution in [0.5, 0.6) is 0 Å². The molecule has 2 aromatic heterocycles. The van der Waals surface area contributed by atoms with Crippen LogP contribution in [0.25, 0.3) is 22.6 Å². The van der Waals surface area contributed by atoms with Crippen LogP contribution in [0.4, 0.5) is 0 Å². The molecule has 2 N–H and O–H groups in total. The maximum absolute atomic E-state index is 11.7. The van der Waals surface area contributed by atoms with Gasteiger partial charge < -0.3 is 4.98 Å². The van der Waals surface area contributed by atoms with Crippen molar-refractivity contribution < 1.29 is 0 Å². The number of aromatic nitrogens is 5. The van der Waals surface area contributed by atoms with Crippen molar-refractivity contribution >= 4 is 11.2 Å². The Hall–Kier alpha value is -2.50. The Kier molecular flexibility index (Phi) is 2.01. The number of nitrogens with one attached hydrogen (secondary N) is 2. The van der Waals surface area contributed by atoms with E-state index in [0.717, 1.165) is 11.1 Å². The third kappa shape index (κ3) is 1.59. The highest BCUT2D eigenvalue weighted by molar-refractivity contribution is 5.70. The average Bonchev–Trinajstić information content (AvgIpc) is 2.78. The Bertz CT molecular complexity index is 725. The van der Waals surface area contributed by atoms with Crippen LogP contribution in [-0.4, -0.2) is 25.4 Å². The molecule has 0 amide bonds. The van der Waals surface area contributed by atoms with Crippen molar-refractivity contribution in [2.24, 2.45) is 0 Å². The SMILES string of the molecule is Cc1ccc(-c2nc3n[nH]nc3c(=O)[nH]2)cc1. The second-order valence-corrected chi connectivity index (χ2v) is 3.78. The topological polar surface area (TPSA) is 87.3 Å². The molecule has 84 valence electrons. The summed E-state index contributed by atoms with van der Waals surface area (Å²) in [7, 11) is 0. The summed E-state index contributed by atoms with van der Waals surface area (Å²) in [6, 6.07) is 7.73. The van der Waals surface area contributed by atoms with Gasteiger partial charge >= 0.3 is 0 Å². The van der Waals surface area contributed by atoms with E-state index in [1.54, 1.807) is 0 Å². The first-order valence-electron chi connectivity index (χ1n) is 5.12. The number of hydrogen-bond acceptors (Lipinski definition) is 4. The lowest BCUT2D eigenvalue weighted by molar-refractivity contribution is 0.954. The van der Waals surface area contributed by atoms with E-state index in [2.05, 4.69) is 25.4 Å². The van der Waals surface area contributed by atoms with Crippen LogP contribution < -0.4 is 5.56 Å². The first-order valence-corrected chi connectivity index (χ1v) is 5.12. The number of aryl methyl sites for hydroxylation is 1. The molecule has 6 nitrogen and oxygen atoms in total. The van der Waals surface area contributed by atoms with E-state index < -0.39 is 0 Å². The van der Waals surface area contributed by atoms with Gasteiger partial charge in [-0.15, -0.1) is 10.2 Å². The first kappa shape index (κ1) is 9.71. The highest BCUT2D eigenvalue weighted by atomic mass is 16.1. The van der Waals surface area contributed by atoms with E-state index >= 15 is 0 Å². The van der Waals surface area contributed by atoms with Gasteiger partial charge in [-0.05, 0) is 6.92 Å². The lowest BCUT2D eigenvalue weighted by atomic mass is 10.1.